The number of aromatic nitrogens is 1. The highest BCUT2D eigenvalue weighted by molar-refractivity contribution is 7.89. The molecule has 2 saturated heterocycles. The highest BCUT2D eigenvalue weighted by Crippen LogP contribution is 2.37. The lowest BCUT2D eigenvalue weighted by Gasteiger charge is -2.37. The first-order chi connectivity index (χ1) is 11.0. The predicted octanol–water partition coefficient (Wildman–Crippen LogP) is 2.94. The minimum absolute atomic E-state index is 0.0647. The van der Waals surface area contributed by atoms with E-state index in [2.05, 4.69) is 4.98 Å². The third kappa shape index (κ3) is 2.69. The van der Waals surface area contributed by atoms with Crippen molar-refractivity contribution in [1.82, 2.24) is 9.29 Å². The molecule has 0 aliphatic carbocycles. The molecule has 4 rings (SSSR count). The second-order valence-corrected chi connectivity index (χ2v) is 9.57. The second kappa shape index (κ2) is 5.51. The van der Waals surface area contributed by atoms with E-state index in [4.69, 9.17) is 4.74 Å². The van der Waals surface area contributed by atoms with Crippen molar-refractivity contribution in [2.75, 3.05) is 19.7 Å². The summed E-state index contributed by atoms with van der Waals surface area (Å²) in [5.74, 6) is 0. The van der Waals surface area contributed by atoms with E-state index in [-0.39, 0.29) is 5.60 Å². The van der Waals surface area contributed by atoms with E-state index in [0.29, 0.717) is 18.0 Å². The van der Waals surface area contributed by atoms with E-state index in [0.717, 1.165) is 47.5 Å². The van der Waals surface area contributed by atoms with Crippen LogP contribution in [0.3, 0.4) is 0 Å². The van der Waals surface area contributed by atoms with Gasteiger partial charge >= 0.3 is 0 Å². The topological polar surface area (TPSA) is 59.5 Å². The number of rotatable bonds is 2. The van der Waals surface area contributed by atoms with Crippen LogP contribution in [0.1, 0.15) is 30.7 Å². The number of hydrogen-bond donors (Lipinski definition) is 0. The van der Waals surface area contributed by atoms with Crippen LogP contribution >= 0.6 is 11.3 Å². The minimum Gasteiger partial charge on any atom is -0.375 e. The second-order valence-electron chi connectivity index (χ2n) is 6.40. The van der Waals surface area contributed by atoms with E-state index in [1.165, 1.54) is 11.3 Å². The number of fused-ring (bicyclic) bond motifs is 1. The summed E-state index contributed by atoms with van der Waals surface area (Å²) < 4.78 is 34.2. The zero-order valence-corrected chi connectivity index (χ0v) is 14.8. The molecule has 2 fully saturated rings. The SMILES string of the molecule is Cc1nc2ccc(S(=O)(=O)N3CCC4(CCCO4)CC3)cc2s1. The van der Waals surface area contributed by atoms with Crippen molar-refractivity contribution >= 4 is 31.6 Å². The number of ether oxygens (including phenoxy) is 1. The van der Waals surface area contributed by atoms with Gasteiger partial charge in [-0.05, 0) is 50.8 Å². The molecule has 2 aromatic rings. The van der Waals surface area contributed by atoms with Gasteiger partial charge in [0.25, 0.3) is 0 Å². The van der Waals surface area contributed by atoms with Crippen LogP contribution in [0.5, 0.6) is 0 Å². The lowest BCUT2D eigenvalue weighted by Crippen LogP contribution is -2.46. The summed E-state index contributed by atoms with van der Waals surface area (Å²) in [6, 6.07) is 5.23. The summed E-state index contributed by atoms with van der Waals surface area (Å²) in [6.45, 7) is 3.84. The van der Waals surface area contributed by atoms with E-state index >= 15 is 0 Å². The molecule has 5 nitrogen and oxygen atoms in total. The Kier molecular flexibility index (Phi) is 3.72. The Morgan fingerprint density at radius 1 is 1.26 bits per heavy atom. The Balaban J connectivity index is 1.59. The van der Waals surface area contributed by atoms with Gasteiger partial charge in [-0.15, -0.1) is 11.3 Å². The molecule has 2 aliphatic rings. The molecule has 0 unspecified atom stereocenters. The molecule has 0 N–H and O–H groups in total. The molecule has 1 aromatic carbocycles. The molecular weight excluding hydrogens is 332 g/mol. The maximum absolute atomic E-state index is 12.9. The van der Waals surface area contributed by atoms with Crippen LogP contribution in [0.15, 0.2) is 23.1 Å². The molecular formula is C16H20N2O3S2. The summed E-state index contributed by atoms with van der Waals surface area (Å²) in [5, 5.41) is 0.952. The number of sulfonamides is 1. The van der Waals surface area contributed by atoms with Crippen molar-refractivity contribution in [2.24, 2.45) is 0 Å². The lowest BCUT2D eigenvalue weighted by molar-refractivity contribution is -0.0309. The molecule has 0 amide bonds. The Morgan fingerprint density at radius 2 is 2.04 bits per heavy atom. The van der Waals surface area contributed by atoms with Crippen LogP contribution in [0.4, 0.5) is 0 Å². The standard InChI is InChI=1S/C16H20N2O3S2/c1-12-17-14-4-3-13(11-15(14)22-12)23(19,20)18-8-6-16(7-9-18)5-2-10-21-16/h3-4,11H,2,5-10H2,1H3. The van der Waals surface area contributed by atoms with Crippen molar-refractivity contribution in [2.45, 2.75) is 43.1 Å². The van der Waals surface area contributed by atoms with Gasteiger partial charge in [0.2, 0.25) is 10.0 Å². The van der Waals surface area contributed by atoms with Crippen LogP contribution in [0, 0.1) is 6.92 Å². The fraction of sp³-hybridized carbons (Fsp3) is 0.562. The van der Waals surface area contributed by atoms with Crippen molar-refractivity contribution in [1.29, 1.82) is 0 Å². The third-order valence-electron chi connectivity index (χ3n) is 4.92. The molecule has 0 saturated carbocycles. The maximum atomic E-state index is 12.9. The summed E-state index contributed by atoms with van der Waals surface area (Å²) in [7, 11) is -3.43. The molecule has 23 heavy (non-hydrogen) atoms. The average Bonchev–Trinajstić information content (AvgIpc) is 3.12. The molecule has 0 bridgehead atoms. The fourth-order valence-corrected chi connectivity index (χ4v) is 6.02. The van der Waals surface area contributed by atoms with Crippen LogP contribution in [-0.2, 0) is 14.8 Å². The monoisotopic (exact) mass is 352 g/mol. The van der Waals surface area contributed by atoms with Gasteiger partial charge in [-0.25, -0.2) is 13.4 Å². The summed E-state index contributed by atoms with van der Waals surface area (Å²) >= 11 is 1.53. The normalized spacial score (nSPS) is 22.1. The van der Waals surface area contributed by atoms with Gasteiger partial charge in [0.15, 0.2) is 0 Å². The number of piperidine rings is 1. The first-order valence-electron chi connectivity index (χ1n) is 8.00. The third-order valence-corrected chi connectivity index (χ3v) is 7.75. The van der Waals surface area contributed by atoms with Crippen LogP contribution in [0.2, 0.25) is 0 Å². The molecule has 3 heterocycles. The minimum atomic E-state index is -3.43. The Bertz CT molecular complexity index is 828. The largest absolute Gasteiger partial charge is 0.375 e. The quantitative estimate of drug-likeness (QED) is 0.834. The number of aryl methyl sites for hydroxylation is 1. The van der Waals surface area contributed by atoms with Crippen molar-refractivity contribution in [3.8, 4) is 0 Å². The summed E-state index contributed by atoms with van der Waals surface area (Å²) in [4.78, 5) is 4.76. The zero-order valence-electron chi connectivity index (χ0n) is 13.1. The first-order valence-corrected chi connectivity index (χ1v) is 10.3. The van der Waals surface area contributed by atoms with E-state index in [1.54, 1.807) is 22.5 Å². The van der Waals surface area contributed by atoms with Gasteiger partial charge in [0, 0.05) is 19.7 Å². The predicted molar refractivity (Wildman–Crippen MR) is 90.3 cm³/mol. The molecule has 1 spiro atoms. The van der Waals surface area contributed by atoms with Crippen molar-refractivity contribution < 1.29 is 13.2 Å². The molecule has 0 radical (unpaired) electrons. The lowest BCUT2D eigenvalue weighted by atomic mass is 9.90. The van der Waals surface area contributed by atoms with E-state index < -0.39 is 10.0 Å². The molecule has 7 heteroatoms. The molecule has 124 valence electrons. The van der Waals surface area contributed by atoms with Gasteiger partial charge in [0.05, 0.1) is 25.7 Å². The van der Waals surface area contributed by atoms with Gasteiger partial charge in [-0.2, -0.15) is 4.31 Å². The Hall–Kier alpha value is -1.02. The van der Waals surface area contributed by atoms with Crippen molar-refractivity contribution in [3.05, 3.63) is 23.2 Å². The Labute approximate surface area is 140 Å². The van der Waals surface area contributed by atoms with Crippen molar-refractivity contribution in [3.63, 3.8) is 0 Å². The number of hydrogen-bond acceptors (Lipinski definition) is 5. The summed E-state index contributed by atoms with van der Waals surface area (Å²) in [5.41, 5.74) is 0.800. The van der Waals surface area contributed by atoms with E-state index in [1.807, 2.05) is 6.92 Å². The average molecular weight is 352 g/mol. The van der Waals surface area contributed by atoms with Gasteiger partial charge < -0.3 is 4.74 Å². The fourth-order valence-electron chi connectivity index (χ4n) is 3.61. The van der Waals surface area contributed by atoms with Crippen LogP contribution in [-0.4, -0.2) is 43.0 Å². The zero-order chi connectivity index (χ0) is 16.1. The number of thiazole rings is 1. The smallest absolute Gasteiger partial charge is 0.243 e. The molecule has 1 aromatic heterocycles. The van der Waals surface area contributed by atoms with Crippen LogP contribution in [0.25, 0.3) is 10.2 Å². The number of benzene rings is 1. The molecule has 0 atom stereocenters. The highest BCUT2D eigenvalue weighted by Gasteiger charge is 2.41. The van der Waals surface area contributed by atoms with Gasteiger partial charge in [-0.1, -0.05) is 0 Å². The van der Waals surface area contributed by atoms with E-state index in [9.17, 15) is 8.42 Å². The Morgan fingerprint density at radius 3 is 2.74 bits per heavy atom. The van der Waals surface area contributed by atoms with Gasteiger partial charge in [0.1, 0.15) is 0 Å². The number of nitrogens with zero attached hydrogens (tertiary/aromatic N) is 2. The first kappa shape index (κ1) is 15.5. The molecule has 2 aliphatic heterocycles. The van der Waals surface area contributed by atoms with Crippen LogP contribution < -0.4 is 0 Å². The maximum Gasteiger partial charge on any atom is 0.243 e. The highest BCUT2D eigenvalue weighted by atomic mass is 32.2. The van der Waals surface area contributed by atoms with Gasteiger partial charge in [-0.3, -0.25) is 0 Å². The summed E-state index contributed by atoms with van der Waals surface area (Å²) in [6.07, 6.45) is 3.75.